The highest BCUT2D eigenvalue weighted by atomic mass is 19.4. The molecule has 0 aliphatic rings. The molecule has 0 bridgehead atoms. The molecule has 4 aromatic carbocycles. The van der Waals surface area contributed by atoms with Gasteiger partial charge in [-0.2, -0.15) is 13.2 Å². The Morgan fingerprint density at radius 1 is 0.636 bits per heavy atom. The Kier molecular flexibility index (Phi) is 6.08. The Balaban J connectivity index is 1.83. The number of hydrogen-bond acceptors (Lipinski definition) is 0. The van der Waals surface area contributed by atoms with Gasteiger partial charge in [0.25, 0.3) is 0 Å². The molecule has 0 aromatic heterocycles. The number of rotatable bonds is 5. The van der Waals surface area contributed by atoms with Crippen molar-refractivity contribution in [2.24, 2.45) is 0 Å². The van der Waals surface area contributed by atoms with Crippen molar-refractivity contribution in [3.8, 4) is 11.1 Å². The second kappa shape index (κ2) is 8.69. The van der Waals surface area contributed by atoms with Gasteiger partial charge in [0.2, 0.25) is 0 Å². The zero-order valence-corrected chi connectivity index (χ0v) is 17.6. The Morgan fingerprint density at radius 2 is 1.27 bits per heavy atom. The maximum Gasteiger partial charge on any atom is 0.422 e. The molecule has 0 saturated carbocycles. The minimum absolute atomic E-state index is 0.0684. The van der Waals surface area contributed by atoms with Gasteiger partial charge < -0.3 is 0 Å². The number of aryl methyl sites for hydroxylation is 1. The van der Waals surface area contributed by atoms with E-state index in [1.807, 2.05) is 6.92 Å². The first-order valence-corrected chi connectivity index (χ1v) is 10.5. The molecule has 172 valence electrons. The maximum atomic E-state index is 15.0. The summed E-state index contributed by atoms with van der Waals surface area (Å²) in [4.78, 5) is 0. The van der Waals surface area contributed by atoms with Crippen molar-refractivity contribution in [1.29, 1.82) is 0 Å². The fraction of sp³-hybridized carbons (Fsp3) is 0.231. The van der Waals surface area contributed by atoms with Gasteiger partial charge in [-0.15, -0.1) is 0 Å². The van der Waals surface area contributed by atoms with Crippen molar-refractivity contribution in [3.63, 3.8) is 0 Å². The van der Waals surface area contributed by atoms with Gasteiger partial charge in [0.05, 0.1) is 0 Å². The molecule has 0 aliphatic carbocycles. The summed E-state index contributed by atoms with van der Waals surface area (Å²) in [6.45, 7) is 2.04. The smallest absolute Gasteiger partial charge is 0.206 e. The third-order valence-electron chi connectivity index (χ3n) is 5.81. The molecule has 7 heteroatoms. The highest BCUT2D eigenvalue weighted by Gasteiger charge is 2.38. The second-order valence-corrected chi connectivity index (χ2v) is 8.02. The molecule has 0 saturated heterocycles. The Bertz CT molecular complexity index is 1330. The molecule has 33 heavy (non-hydrogen) atoms. The normalized spacial score (nSPS) is 12.1. The number of alkyl halides is 3. The molecule has 0 aliphatic heterocycles. The van der Waals surface area contributed by atoms with Crippen molar-refractivity contribution in [3.05, 3.63) is 82.9 Å². The molecule has 0 heterocycles. The maximum absolute atomic E-state index is 15.0. The molecule has 0 fully saturated rings. The van der Waals surface area contributed by atoms with Crippen LogP contribution in [0.4, 0.5) is 30.7 Å². The molecule has 0 radical (unpaired) electrons. The number of halogens is 7. The molecule has 0 amide bonds. The van der Waals surface area contributed by atoms with E-state index in [1.165, 1.54) is 18.2 Å². The Labute approximate surface area is 185 Å². The number of fused-ring (bicyclic) bond motifs is 3. The van der Waals surface area contributed by atoms with E-state index in [1.54, 1.807) is 12.1 Å². The zero-order valence-electron chi connectivity index (χ0n) is 17.6. The number of hydrogen-bond donors (Lipinski definition) is 0. The lowest BCUT2D eigenvalue weighted by molar-refractivity contribution is -0.142. The van der Waals surface area contributed by atoms with Crippen molar-refractivity contribution < 1.29 is 30.7 Å². The summed E-state index contributed by atoms with van der Waals surface area (Å²) < 4.78 is 96.5. The minimum atomic E-state index is -5.18. The third kappa shape index (κ3) is 4.28. The largest absolute Gasteiger partial charge is 0.422 e. The summed E-state index contributed by atoms with van der Waals surface area (Å²) in [6.07, 6.45) is -1.88. The zero-order chi connectivity index (χ0) is 23.9. The van der Waals surface area contributed by atoms with Crippen molar-refractivity contribution in [2.75, 3.05) is 0 Å². The van der Waals surface area contributed by atoms with E-state index in [0.29, 0.717) is 34.9 Å². The fourth-order valence-corrected chi connectivity index (χ4v) is 4.14. The van der Waals surface area contributed by atoms with Crippen molar-refractivity contribution in [1.82, 2.24) is 0 Å². The fourth-order valence-electron chi connectivity index (χ4n) is 4.14. The van der Waals surface area contributed by atoms with Crippen LogP contribution in [-0.4, -0.2) is 0 Å². The van der Waals surface area contributed by atoms with E-state index < -0.39 is 35.0 Å². The average molecular weight is 464 g/mol. The van der Waals surface area contributed by atoms with Crippen LogP contribution in [0.15, 0.2) is 48.5 Å². The highest BCUT2D eigenvalue weighted by Crippen LogP contribution is 2.38. The summed E-state index contributed by atoms with van der Waals surface area (Å²) in [5.41, 5.74) is -1.52. The van der Waals surface area contributed by atoms with Crippen LogP contribution in [0.5, 0.6) is 0 Å². The Morgan fingerprint density at radius 3 is 1.91 bits per heavy atom. The van der Waals surface area contributed by atoms with Crippen LogP contribution in [0, 0.1) is 23.3 Å². The summed E-state index contributed by atoms with van der Waals surface area (Å²) in [6, 6.07) is 9.75. The number of unbranched alkanes of at least 4 members (excludes halogenated alkanes) is 2. The van der Waals surface area contributed by atoms with Crippen LogP contribution in [-0.2, 0) is 12.6 Å². The molecular formula is C26H19F7. The first-order chi connectivity index (χ1) is 15.6. The predicted octanol–water partition coefficient (Wildman–Crippen LogP) is 8.97. The third-order valence-corrected chi connectivity index (χ3v) is 5.81. The van der Waals surface area contributed by atoms with Gasteiger partial charge >= 0.3 is 6.18 Å². The van der Waals surface area contributed by atoms with Gasteiger partial charge in [-0.05, 0) is 64.6 Å². The van der Waals surface area contributed by atoms with E-state index in [9.17, 15) is 26.3 Å². The molecule has 0 N–H and O–H groups in total. The average Bonchev–Trinajstić information content (AvgIpc) is 2.74. The summed E-state index contributed by atoms with van der Waals surface area (Å²) in [7, 11) is 0. The van der Waals surface area contributed by atoms with E-state index in [2.05, 4.69) is 0 Å². The summed E-state index contributed by atoms with van der Waals surface area (Å²) in [5.74, 6) is -4.74. The standard InChI is InChI=1S/C26H19F7/c1-2-3-4-5-14-6-8-18-17-9-7-15(10-19(17)21(27)13-20(18)25(14)30)16-11-22(28)24(23(29)12-16)26(31,32)33/h6-13H,2-5H2,1H3. The van der Waals surface area contributed by atoms with Gasteiger partial charge in [0.1, 0.15) is 28.8 Å². The number of benzene rings is 4. The van der Waals surface area contributed by atoms with Gasteiger partial charge in [0, 0.05) is 10.8 Å². The lowest BCUT2D eigenvalue weighted by Gasteiger charge is -2.13. The van der Waals surface area contributed by atoms with E-state index in [-0.39, 0.29) is 21.9 Å². The molecular weight excluding hydrogens is 445 g/mol. The first kappa shape index (κ1) is 23.1. The quantitative estimate of drug-likeness (QED) is 0.157. The van der Waals surface area contributed by atoms with Crippen molar-refractivity contribution in [2.45, 2.75) is 38.8 Å². The molecule has 0 atom stereocenters. The highest BCUT2D eigenvalue weighted by molar-refractivity contribution is 6.09. The van der Waals surface area contributed by atoms with E-state index in [0.717, 1.165) is 25.3 Å². The summed E-state index contributed by atoms with van der Waals surface area (Å²) >= 11 is 0. The van der Waals surface area contributed by atoms with Crippen molar-refractivity contribution >= 4 is 21.5 Å². The minimum Gasteiger partial charge on any atom is -0.206 e. The van der Waals surface area contributed by atoms with Crippen LogP contribution in [0.25, 0.3) is 32.7 Å². The van der Waals surface area contributed by atoms with Crippen LogP contribution < -0.4 is 0 Å². The second-order valence-electron chi connectivity index (χ2n) is 8.02. The Hall–Kier alpha value is -3.09. The monoisotopic (exact) mass is 464 g/mol. The predicted molar refractivity (Wildman–Crippen MR) is 115 cm³/mol. The van der Waals surface area contributed by atoms with Gasteiger partial charge in [-0.25, -0.2) is 17.6 Å². The lowest BCUT2D eigenvalue weighted by Crippen LogP contribution is -2.11. The molecule has 0 nitrogen and oxygen atoms in total. The first-order valence-electron chi connectivity index (χ1n) is 10.5. The molecule has 4 rings (SSSR count). The van der Waals surface area contributed by atoms with Gasteiger partial charge in [-0.1, -0.05) is 44.0 Å². The van der Waals surface area contributed by atoms with Gasteiger partial charge in [-0.3, -0.25) is 0 Å². The van der Waals surface area contributed by atoms with Crippen LogP contribution in [0.3, 0.4) is 0 Å². The topological polar surface area (TPSA) is 0 Å². The van der Waals surface area contributed by atoms with E-state index >= 15 is 4.39 Å². The molecule has 0 spiro atoms. The molecule has 4 aromatic rings. The molecule has 0 unspecified atom stereocenters. The van der Waals surface area contributed by atoms with Crippen LogP contribution >= 0.6 is 0 Å². The van der Waals surface area contributed by atoms with Crippen LogP contribution in [0.1, 0.15) is 37.3 Å². The van der Waals surface area contributed by atoms with Gasteiger partial charge in [0.15, 0.2) is 0 Å². The SMILES string of the molecule is CCCCCc1ccc2c(cc(F)c3cc(-c4cc(F)c(C(F)(F)F)c(F)c4)ccc32)c1F. The van der Waals surface area contributed by atoms with Crippen LogP contribution in [0.2, 0.25) is 0 Å². The summed E-state index contributed by atoms with van der Waals surface area (Å²) in [5, 5.41) is 1.06. The van der Waals surface area contributed by atoms with E-state index in [4.69, 9.17) is 0 Å². The lowest BCUT2D eigenvalue weighted by atomic mass is 9.94.